The van der Waals surface area contributed by atoms with Crippen molar-refractivity contribution in [1.82, 2.24) is 0 Å². The van der Waals surface area contributed by atoms with E-state index in [0.717, 1.165) is 5.56 Å². The molecule has 10 heteroatoms. The molecule has 0 fully saturated rings. The molecule has 0 unspecified atom stereocenters. The van der Waals surface area contributed by atoms with Crippen molar-refractivity contribution in [3.05, 3.63) is 46.7 Å². The minimum absolute atomic E-state index is 0.0502. The fraction of sp³-hybridized carbons (Fsp3) is 0.333. The lowest BCUT2D eigenvalue weighted by atomic mass is 9.99. The molecule has 0 aliphatic carbocycles. The first-order valence-corrected chi connectivity index (χ1v) is 7.99. The topological polar surface area (TPSA) is 98.6 Å². The van der Waals surface area contributed by atoms with Gasteiger partial charge in [0.2, 0.25) is 0 Å². The summed E-state index contributed by atoms with van der Waals surface area (Å²) in [4.78, 5) is 24.9. The molecular weight excluding hydrogens is 377 g/mol. The van der Waals surface area contributed by atoms with Crippen LogP contribution in [-0.4, -0.2) is 43.8 Å². The number of halogens is 3. The first kappa shape index (κ1) is 22.9. The predicted molar refractivity (Wildman–Crippen MR) is 100 cm³/mol. The Kier molecular flexibility index (Phi) is 8.36. The quantitative estimate of drug-likeness (QED) is 0.413. The highest BCUT2D eigenvalue weighted by molar-refractivity contribution is 6.45. The molecule has 0 saturated carbocycles. The number of aliphatic imine (C=N–C) groups is 1. The van der Waals surface area contributed by atoms with E-state index in [2.05, 4.69) is 20.1 Å². The zero-order valence-electron chi connectivity index (χ0n) is 15.9. The largest absolute Gasteiger partial charge is 0.430 e. The summed E-state index contributed by atoms with van der Waals surface area (Å²) in [6, 6.07) is 5.21. The number of alkyl halides is 3. The van der Waals surface area contributed by atoms with Crippen molar-refractivity contribution in [3.63, 3.8) is 0 Å². The number of aldehydes is 1. The Balaban J connectivity index is 3.07. The molecule has 0 heterocycles. The molecule has 1 aromatic carbocycles. The summed E-state index contributed by atoms with van der Waals surface area (Å²) in [5.41, 5.74) is 5.74. The van der Waals surface area contributed by atoms with E-state index in [1.165, 1.54) is 21.1 Å². The molecule has 1 rings (SSSR count). The third-order valence-electron chi connectivity index (χ3n) is 3.63. The molecule has 7 nitrogen and oxygen atoms in total. The van der Waals surface area contributed by atoms with Crippen molar-refractivity contribution in [2.24, 2.45) is 21.0 Å². The van der Waals surface area contributed by atoms with E-state index in [9.17, 15) is 18.0 Å². The molecule has 0 aromatic heterocycles. The lowest BCUT2D eigenvalue weighted by molar-refractivity contribution is -0.102. The standard InChI is InChI=1S/C18H21F3N4O3/c1-11-6-5-7-13(16(9-26)25-27-4)14(11)10-28-24-12(2)15(23-3)8-17(22)18(19,20)21/h5-9H,10,22H2,1-4H3/b17-8-,23-15?,24-12+,25-16-. The van der Waals surface area contributed by atoms with Gasteiger partial charge in [0.1, 0.15) is 30.8 Å². The highest BCUT2D eigenvalue weighted by Gasteiger charge is 2.31. The van der Waals surface area contributed by atoms with Gasteiger partial charge in [0.25, 0.3) is 0 Å². The van der Waals surface area contributed by atoms with Gasteiger partial charge < -0.3 is 15.4 Å². The summed E-state index contributed by atoms with van der Waals surface area (Å²) >= 11 is 0. The van der Waals surface area contributed by atoms with Gasteiger partial charge in [0, 0.05) is 18.2 Å². The molecule has 2 N–H and O–H groups in total. The number of carbonyl (C=O) groups is 1. The molecule has 0 atom stereocenters. The van der Waals surface area contributed by atoms with E-state index in [1.807, 2.05) is 0 Å². The third-order valence-corrected chi connectivity index (χ3v) is 3.63. The van der Waals surface area contributed by atoms with Crippen LogP contribution in [0.5, 0.6) is 0 Å². The number of allylic oxidation sites excluding steroid dienone is 2. The summed E-state index contributed by atoms with van der Waals surface area (Å²) in [5, 5.41) is 7.46. The van der Waals surface area contributed by atoms with E-state index in [-0.39, 0.29) is 23.7 Å². The van der Waals surface area contributed by atoms with Crippen LogP contribution in [0.15, 0.2) is 45.3 Å². The Morgan fingerprint density at radius 1 is 1.29 bits per heavy atom. The third kappa shape index (κ3) is 6.22. The molecule has 28 heavy (non-hydrogen) atoms. The van der Waals surface area contributed by atoms with Crippen LogP contribution < -0.4 is 5.73 Å². The smallest absolute Gasteiger partial charge is 0.399 e. The summed E-state index contributed by atoms with van der Waals surface area (Å²) < 4.78 is 37.7. The van der Waals surface area contributed by atoms with Crippen LogP contribution in [0, 0.1) is 6.92 Å². The fourth-order valence-electron chi connectivity index (χ4n) is 2.17. The van der Waals surface area contributed by atoms with Gasteiger partial charge in [0.05, 0.1) is 5.71 Å². The fourth-order valence-corrected chi connectivity index (χ4v) is 2.17. The normalized spacial score (nSPS) is 14.1. The van der Waals surface area contributed by atoms with Crippen molar-refractivity contribution < 1.29 is 27.6 Å². The maximum atomic E-state index is 12.6. The van der Waals surface area contributed by atoms with Gasteiger partial charge in [-0.05, 0) is 25.5 Å². The monoisotopic (exact) mass is 398 g/mol. The molecule has 0 radical (unpaired) electrons. The van der Waals surface area contributed by atoms with Crippen molar-refractivity contribution >= 4 is 23.4 Å². The van der Waals surface area contributed by atoms with Gasteiger partial charge in [-0.3, -0.25) is 9.79 Å². The molecule has 0 spiro atoms. The number of benzene rings is 1. The van der Waals surface area contributed by atoms with Gasteiger partial charge >= 0.3 is 6.18 Å². The minimum Gasteiger partial charge on any atom is -0.399 e. The van der Waals surface area contributed by atoms with E-state index in [1.54, 1.807) is 25.1 Å². The lowest BCUT2D eigenvalue weighted by Gasteiger charge is -2.11. The van der Waals surface area contributed by atoms with Gasteiger partial charge in [-0.15, -0.1) is 0 Å². The Labute approximate surface area is 160 Å². The van der Waals surface area contributed by atoms with Gasteiger partial charge in [-0.25, -0.2) is 0 Å². The second kappa shape index (κ2) is 10.2. The average Bonchev–Trinajstić information content (AvgIpc) is 2.64. The molecule has 0 aliphatic rings. The average molecular weight is 398 g/mol. The highest BCUT2D eigenvalue weighted by atomic mass is 19.4. The van der Waals surface area contributed by atoms with Crippen molar-refractivity contribution in [3.8, 4) is 0 Å². The van der Waals surface area contributed by atoms with E-state index in [0.29, 0.717) is 23.5 Å². The molecule has 0 amide bonds. The number of oxime groups is 2. The number of carbonyl (C=O) groups excluding carboxylic acids is 1. The van der Waals surface area contributed by atoms with Gasteiger partial charge in [-0.2, -0.15) is 13.2 Å². The Morgan fingerprint density at radius 2 is 1.96 bits per heavy atom. The Morgan fingerprint density at radius 3 is 2.50 bits per heavy atom. The van der Waals surface area contributed by atoms with Crippen LogP contribution in [-0.2, 0) is 21.1 Å². The Bertz CT molecular complexity index is 828. The van der Waals surface area contributed by atoms with E-state index >= 15 is 0 Å². The minimum atomic E-state index is -4.67. The number of rotatable bonds is 8. The summed E-state index contributed by atoms with van der Waals surface area (Å²) in [6.45, 7) is 3.19. The molecular formula is C18H21F3N4O3. The molecule has 0 bridgehead atoms. The first-order valence-electron chi connectivity index (χ1n) is 7.99. The molecule has 152 valence electrons. The summed E-state index contributed by atoms with van der Waals surface area (Å²) in [5.74, 6) is 0. The van der Waals surface area contributed by atoms with E-state index in [4.69, 9.17) is 10.6 Å². The number of nitrogens with two attached hydrogens (primary N) is 1. The second-order valence-electron chi connectivity index (χ2n) is 5.53. The molecule has 0 saturated heterocycles. The molecule has 1 aromatic rings. The van der Waals surface area contributed by atoms with Crippen LogP contribution >= 0.6 is 0 Å². The molecule has 0 aliphatic heterocycles. The highest BCUT2D eigenvalue weighted by Crippen LogP contribution is 2.21. The number of nitrogens with zero attached hydrogens (tertiary/aromatic N) is 3. The van der Waals surface area contributed by atoms with E-state index < -0.39 is 11.9 Å². The number of hydrogen-bond donors (Lipinski definition) is 1. The van der Waals surface area contributed by atoms with Gasteiger partial charge in [-0.1, -0.05) is 28.5 Å². The summed E-state index contributed by atoms with van der Waals surface area (Å²) in [7, 11) is 2.63. The van der Waals surface area contributed by atoms with Crippen molar-refractivity contribution in [1.29, 1.82) is 0 Å². The van der Waals surface area contributed by atoms with Crippen LogP contribution in [0.2, 0.25) is 0 Å². The van der Waals surface area contributed by atoms with Crippen molar-refractivity contribution in [2.75, 3.05) is 14.2 Å². The maximum absolute atomic E-state index is 12.6. The lowest BCUT2D eigenvalue weighted by Crippen LogP contribution is -2.22. The van der Waals surface area contributed by atoms with Crippen LogP contribution in [0.1, 0.15) is 23.6 Å². The van der Waals surface area contributed by atoms with Crippen LogP contribution in [0.4, 0.5) is 13.2 Å². The zero-order valence-corrected chi connectivity index (χ0v) is 15.9. The summed E-state index contributed by atoms with van der Waals surface area (Å²) in [6.07, 6.45) is -3.45. The number of aryl methyl sites for hydroxylation is 1. The number of hydrogen-bond acceptors (Lipinski definition) is 7. The maximum Gasteiger partial charge on any atom is 0.430 e. The SMILES string of the molecule is CN=C(/C=C(\N)C(F)(F)F)/C(C)=N/OCc1c(C)cccc1/C(C=O)=N\OC. The van der Waals surface area contributed by atoms with Gasteiger partial charge in [0.15, 0.2) is 6.29 Å². The predicted octanol–water partition coefficient (Wildman–Crippen LogP) is 2.91. The Hall–Kier alpha value is -3.17. The second-order valence-corrected chi connectivity index (χ2v) is 5.53. The van der Waals surface area contributed by atoms with Crippen LogP contribution in [0.25, 0.3) is 0 Å². The zero-order chi connectivity index (χ0) is 21.3. The van der Waals surface area contributed by atoms with Crippen molar-refractivity contribution in [2.45, 2.75) is 26.6 Å². The first-order chi connectivity index (χ1) is 13.1. The van der Waals surface area contributed by atoms with Crippen LogP contribution in [0.3, 0.4) is 0 Å².